The van der Waals surface area contributed by atoms with Gasteiger partial charge in [0.2, 0.25) is 17.5 Å². The van der Waals surface area contributed by atoms with Gasteiger partial charge in [0.1, 0.15) is 6.04 Å². The van der Waals surface area contributed by atoms with Gasteiger partial charge in [-0.3, -0.25) is 39.1 Å². The second-order valence-corrected chi connectivity index (χ2v) is 17.6. The third-order valence-electron chi connectivity index (χ3n) is 13.7. The van der Waals surface area contributed by atoms with Gasteiger partial charge in [0.15, 0.2) is 0 Å². The van der Waals surface area contributed by atoms with Crippen LogP contribution in [0.4, 0.5) is 22.7 Å². The normalized spacial score (nSPS) is 22.6. The molecule has 1 unspecified atom stereocenters. The number of likely N-dealkylation sites (tertiary alicyclic amines) is 1. The molecule has 13 nitrogen and oxygen atoms in total. The third-order valence-corrected chi connectivity index (χ3v) is 14.0. The molecule has 3 aromatic carbocycles. The average molecular weight is 817 g/mol. The first-order valence-corrected chi connectivity index (χ1v) is 21.3. The number of hydrogen-bond acceptors (Lipinski definition) is 9. The monoisotopic (exact) mass is 816 g/mol. The van der Waals surface area contributed by atoms with Gasteiger partial charge in [-0.15, -0.1) is 0 Å². The summed E-state index contributed by atoms with van der Waals surface area (Å²) in [4.78, 5) is 80.6. The van der Waals surface area contributed by atoms with E-state index in [0.717, 1.165) is 132 Å². The molecule has 6 heterocycles. The largest absolute Gasteiger partial charge is 0.372 e. The number of nitrogens with zero attached hydrogens (tertiary/aromatic N) is 7. The maximum atomic E-state index is 13.8. The molecule has 14 heteroatoms. The molecule has 0 bridgehead atoms. The number of nitrogens with one attached hydrogen (secondary N) is 1. The first kappa shape index (κ1) is 39.0. The molecule has 1 atom stereocenters. The second-order valence-electron chi connectivity index (χ2n) is 17.2. The molecule has 1 N–H and O–H groups in total. The molecule has 6 aliphatic rings. The van der Waals surface area contributed by atoms with Crippen molar-refractivity contribution >= 4 is 63.9 Å². The van der Waals surface area contributed by atoms with Crippen molar-refractivity contribution in [2.24, 2.45) is 11.3 Å². The van der Waals surface area contributed by atoms with E-state index in [1.54, 1.807) is 18.2 Å². The Morgan fingerprint density at radius 1 is 0.746 bits per heavy atom. The van der Waals surface area contributed by atoms with Gasteiger partial charge in [0.25, 0.3) is 17.7 Å². The van der Waals surface area contributed by atoms with Crippen molar-refractivity contribution in [1.29, 1.82) is 0 Å². The highest BCUT2D eigenvalue weighted by Gasteiger charge is 2.45. The quantitative estimate of drug-likeness (QED) is 0.245. The van der Waals surface area contributed by atoms with Gasteiger partial charge in [0.05, 0.1) is 17.7 Å². The number of amides is 5. The van der Waals surface area contributed by atoms with Crippen molar-refractivity contribution in [2.45, 2.75) is 51.0 Å². The number of halogens is 1. The molecule has 0 aromatic heterocycles. The van der Waals surface area contributed by atoms with Crippen LogP contribution in [-0.4, -0.2) is 122 Å². The number of anilines is 3. The van der Waals surface area contributed by atoms with Crippen LogP contribution >= 0.6 is 11.6 Å². The van der Waals surface area contributed by atoms with E-state index in [1.165, 1.54) is 0 Å². The number of piperidine rings is 3. The molecular formula is C45H49ClN8O5. The lowest BCUT2D eigenvalue weighted by atomic mass is 9.77. The molecule has 306 valence electrons. The maximum absolute atomic E-state index is 13.8. The van der Waals surface area contributed by atoms with Crippen molar-refractivity contribution in [3.05, 3.63) is 93.8 Å². The van der Waals surface area contributed by atoms with Crippen LogP contribution in [0.2, 0.25) is 5.02 Å². The zero-order valence-corrected chi connectivity index (χ0v) is 34.0. The van der Waals surface area contributed by atoms with Crippen LogP contribution in [0.1, 0.15) is 76.0 Å². The smallest absolute Gasteiger partial charge is 0.262 e. The van der Waals surface area contributed by atoms with E-state index in [0.29, 0.717) is 27.8 Å². The van der Waals surface area contributed by atoms with Gasteiger partial charge in [0, 0.05) is 106 Å². The van der Waals surface area contributed by atoms with Crippen molar-refractivity contribution in [3.8, 4) is 0 Å². The van der Waals surface area contributed by atoms with Crippen LogP contribution in [-0.2, 0) is 9.59 Å². The molecule has 0 saturated carbocycles. The molecular weight excluding hydrogens is 768 g/mol. The summed E-state index contributed by atoms with van der Waals surface area (Å²) in [6.07, 6.45) is 5.36. The highest BCUT2D eigenvalue weighted by atomic mass is 35.5. The lowest BCUT2D eigenvalue weighted by molar-refractivity contribution is -0.136. The number of rotatable bonds is 7. The Labute approximate surface area is 349 Å². The molecule has 0 aliphatic carbocycles. The highest BCUT2D eigenvalue weighted by Crippen LogP contribution is 2.43. The van der Waals surface area contributed by atoms with Crippen LogP contribution in [0, 0.1) is 17.9 Å². The molecule has 0 radical (unpaired) electrons. The minimum atomic E-state index is -0.968. The molecule has 1 spiro atoms. The van der Waals surface area contributed by atoms with Crippen molar-refractivity contribution < 1.29 is 24.0 Å². The van der Waals surface area contributed by atoms with Crippen LogP contribution in [0.3, 0.4) is 0 Å². The van der Waals surface area contributed by atoms with E-state index >= 15 is 0 Å². The zero-order valence-electron chi connectivity index (χ0n) is 33.2. The Morgan fingerprint density at radius 2 is 1.41 bits per heavy atom. The Hall–Kier alpha value is -5.45. The highest BCUT2D eigenvalue weighted by molar-refractivity contribution is 6.33. The summed E-state index contributed by atoms with van der Waals surface area (Å²) in [6, 6.07) is 18.2. The molecule has 5 amide bonds. The standard InChI is InChI=1S/C45H49ClN8O5/c1-47-38-8-6-34(27-37(38)46)51-18-13-45(14-19-51)15-20-53(29-45)42(57)31-3-2-4-32(25-31)52-23-21-49(22-24-52)28-30-11-16-50(17-12-30)33-5-7-35-36(26-33)44(59)54(43(35)58)39-9-10-40(55)48-41(39)56/h2-8,25-27,30,39H,9-24,28-29H2,(H,48,55,56). The minimum Gasteiger partial charge on any atom is -0.372 e. The van der Waals surface area contributed by atoms with Crippen LogP contribution in [0.5, 0.6) is 0 Å². The molecule has 6 aliphatic heterocycles. The van der Waals surface area contributed by atoms with E-state index in [4.69, 9.17) is 18.2 Å². The third kappa shape index (κ3) is 7.64. The fourth-order valence-electron chi connectivity index (χ4n) is 10.1. The van der Waals surface area contributed by atoms with Crippen LogP contribution in [0.25, 0.3) is 4.85 Å². The second kappa shape index (κ2) is 16.0. The minimum absolute atomic E-state index is 0.0959. The van der Waals surface area contributed by atoms with Gasteiger partial charge in [-0.2, -0.15) is 0 Å². The number of carbonyl (C=O) groups excluding carboxylic acids is 5. The maximum Gasteiger partial charge on any atom is 0.262 e. The van der Waals surface area contributed by atoms with Gasteiger partial charge in [-0.1, -0.05) is 23.7 Å². The van der Waals surface area contributed by atoms with E-state index in [-0.39, 0.29) is 30.1 Å². The lowest BCUT2D eigenvalue weighted by Crippen LogP contribution is -2.54. The van der Waals surface area contributed by atoms with Gasteiger partial charge in [-0.25, -0.2) is 4.85 Å². The van der Waals surface area contributed by atoms with E-state index < -0.39 is 23.8 Å². The fourth-order valence-corrected chi connectivity index (χ4v) is 10.4. The van der Waals surface area contributed by atoms with Gasteiger partial charge in [-0.05, 0) is 98.4 Å². The van der Waals surface area contributed by atoms with Gasteiger partial charge < -0.3 is 19.6 Å². The number of hydrogen-bond donors (Lipinski definition) is 1. The predicted molar refractivity (Wildman–Crippen MR) is 225 cm³/mol. The van der Waals surface area contributed by atoms with E-state index in [9.17, 15) is 24.0 Å². The summed E-state index contributed by atoms with van der Waals surface area (Å²) < 4.78 is 0. The fraction of sp³-hybridized carbons (Fsp3) is 0.467. The topological polar surface area (TPSA) is 121 Å². The number of fused-ring (bicyclic) bond motifs is 1. The van der Waals surface area contributed by atoms with Crippen LogP contribution < -0.4 is 20.0 Å². The number of benzene rings is 3. The summed E-state index contributed by atoms with van der Waals surface area (Å²) in [5.74, 6) is -1.27. The SMILES string of the molecule is [C-]#[N+]c1ccc(N2CCC3(CCN(C(=O)c4cccc(N5CCN(CC6CCN(c7ccc8c(c7)C(=O)N(C7CCC(=O)NC7=O)C8=O)CC6)CC5)c4)C3)CC2)cc1Cl. The first-order chi connectivity index (χ1) is 28.6. The molecule has 5 fully saturated rings. The molecule has 3 aromatic rings. The number of piperazine rings is 1. The summed E-state index contributed by atoms with van der Waals surface area (Å²) in [7, 11) is 0. The predicted octanol–water partition coefficient (Wildman–Crippen LogP) is 5.46. The molecule has 5 saturated heterocycles. The zero-order chi connectivity index (χ0) is 40.8. The average Bonchev–Trinajstić information content (AvgIpc) is 3.78. The van der Waals surface area contributed by atoms with Gasteiger partial charge >= 0.3 is 0 Å². The summed E-state index contributed by atoms with van der Waals surface area (Å²) in [5.41, 5.74) is 5.06. The number of carbonyl (C=O) groups is 5. The Kier molecular flexibility index (Phi) is 10.6. The summed E-state index contributed by atoms with van der Waals surface area (Å²) in [5, 5.41) is 2.74. The lowest BCUT2D eigenvalue weighted by Gasteiger charge is -2.40. The molecule has 9 rings (SSSR count). The van der Waals surface area contributed by atoms with Crippen LogP contribution in [0.15, 0.2) is 60.7 Å². The number of imide groups is 2. The van der Waals surface area contributed by atoms with E-state index in [2.05, 4.69) is 46.8 Å². The Balaban J connectivity index is 0.733. The summed E-state index contributed by atoms with van der Waals surface area (Å²) in [6.45, 7) is 17.2. The Bertz CT molecular complexity index is 2230. The Morgan fingerprint density at radius 3 is 2.14 bits per heavy atom. The molecule has 59 heavy (non-hydrogen) atoms. The van der Waals surface area contributed by atoms with Crippen molar-refractivity contribution in [1.82, 2.24) is 20.0 Å². The van der Waals surface area contributed by atoms with Crippen molar-refractivity contribution in [3.63, 3.8) is 0 Å². The summed E-state index contributed by atoms with van der Waals surface area (Å²) >= 11 is 6.33. The van der Waals surface area contributed by atoms with Crippen molar-refractivity contribution in [2.75, 3.05) is 86.7 Å². The van der Waals surface area contributed by atoms with E-state index in [1.807, 2.05) is 30.3 Å². The first-order valence-electron chi connectivity index (χ1n) is 21.0.